The molecule has 2 fully saturated rings. The van der Waals surface area contributed by atoms with Crippen LogP contribution < -0.4 is 10.6 Å². The number of amides is 2. The number of nitrogens with zero attached hydrogens (tertiary/aromatic N) is 1. The lowest BCUT2D eigenvalue weighted by atomic mass is 9.81. The van der Waals surface area contributed by atoms with Gasteiger partial charge >= 0.3 is 6.03 Å². The van der Waals surface area contributed by atoms with Gasteiger partial charge in [0.2, 0.25) is 0 Å². The van der Waals surface area contributed by atoms with Crippen LogP contribution in [0.1, 0.15) is 54.9 Å². The summed E-state index contributed by atoms with van der Waals surface area (Å²) in [5, 5.41) is 6.07. The Kier molecular flexibility index (Phi) is 6.48. The number of anilines is 1. The molecule has 5 nitrogen and oxygen atoms in total. The van der Waals surface area contributed by atoms with Gasteiger partial charge in [0.15, 0.2) is 5.78 Å². The number of rotatable bonds is 6. The van der Waals surface area contributed by atoms with Crippen LogP contribution in [-0.4, -0.2) is 41.4 Å². The molecular weight excluding hydrogens is 374 g/mol. The molecule has 5 heteroatoms. The highest BCUT2D eigenvalue weighted by Crippen LogP contribution is 2.34. The van der Waals surface area contributed by atoms with Crippen LogP contribution in [0.2, 0.25) is 0 Å². The third-order valence-electron chi connectivity index (χ3n) is 6.49. The Labute approximate surface area is 178 Å². The number of hydrogen-bond acceptors (Lipinski definition) is 3. The van der Waals surface area contributed by atoms with Crippen molar-refractivity contribution in [2.24, 2.45) is 0 Å². The van der Waals surface area contributed by atoms with Crippen molar-refractivity contribution in [1.29, 1.82) is 0 Å². The first-order chi connectivity index (χ1) is 14.6. The fraction of sp³-hybridized carbons (Fsp3) is 0.440. The van der Waals surface area contributed by atoms with Crippen molar-refractivity contribution in [3.63, 3.8) is 0 Å². The first-order valence-electron chi connectivity index (χ1n) is 11.1. The maximum Gasteiger partial charge on any atom is 0.319 e. The van der Waals surface area contributed by atoms with E-state index in [1.54, 1.807) is 18.2 Å². The molecule has 2 bridgehead atoms. The van der Waals surface area contributed by atoms with Gasteiger partial charge in [-0.3, -0.25) is 9.69 Å². The van der Waals surface area contributed by atoms with Crippen LogP contribution in [0, 0.1) is 0 Å². The zero-order valence-corrected chi connectivity index (χ0v) is 17.6. The van der Waals surface area contributed by atoms with Crippen molar-refractivity contribution in [3.8, 4) is 0 Å². The maximum absolute atomic E-state index is 12.6. The molecule has 2 heterocycles. The topological polar surface area (TPSA) is 61.4 Å². The van der Waals surface area contributed by atoms with E-state index in [0.29, 0.717) is 23.3 Å². The number of ketones is 1. The Balaban J connectivity index is 1.32. The van der Waals surface area contributed by atoms with Gasteiger partial charge in [0.1, 0.15) is 0 Å². The van der Waals surface area contributed by atoms with Gasteiger partial charge in [-0.1, -0.05) is 48.9 Å². The summed E-state index contributed by atoms with van der Waals surface area (Å²) in [5.74, 6) is -0.00485. The van der Waals surface area contributed by atoms with E-state index >= 15 is 0 Å². The molecule has 30 heavy (non-hydrogen) atoms. The Hall–Kier alpha value is -2.66. The molecule has 2 aliphatic rings. The van der Waals surface area contributed by atoms with Crippen LogP contribution >= 0.6 is 0 Å². The summed E-state index contributed by atoms with van der Waals surface area (Å²) in [4.78, 5) is 26.8. The average Bonchev–Trinajstić information content (AvgIpc) is 2.73. The molecule has 158 valence electrons. The molecule has 4 rings (SSSR count). The molecule has 2 N–H and O–H groups in total. The Bertz CT molecular complexity index is 869. The number of Topliss-reactive ketones (excluding diaryl/α,β-unsaturated/α-hetero) is 1. The quantitative estimate of drug-likeness (QED) is 0.689. The molecule has 3 atom stereocenters. The predicted octanol–water partition coefficient (Wildman–Crippen LogP) is 4.64. The van der Waals surface area contributed by atoms with Gasteiger partial charge < -0.3 is 10.6 Å². The van der Waals surface area contributed by atoms with Crippen LogP contribution in [0.3, 0.4) is 0 Å². The van der Waals surface area contributed by atoms with Gasteiger partial charge in [0.05, 0.1) is 0 Å². The Morgan fingerprint density at radius 1 is 1.00 bits per heavy atom. The number of piperidine rings is 2. The molecular formula is C25H31N3O2. The second-order valence-corrected chi connectivity index (χ2v) is 8.62. The average molecular weight is 406 g/mol. The van der Waals surface area contributed by atoms with Crippen LogP contribution in [0.5, 0.6) is 0 Å². The van der Waals surface area contributed by atoms with Crippen molar-refractivity contribution < 1.29 is 9.59 Å². The lowest BCUT2D eigenvalue weighted by molar-refractivity contribution is 0.0280. The lowest BCUT2D eigenvalue weighted by Gasteiger charge is -2.49. The van der Waals surface area contributed by atoms with Crippen LogP contribution in [0.4, 0.5) is 10.5 Å². The number of hydrogen-bond donors (Lipinski definition) is 2. The summed E-state index contributed by atoms with van der Waals surface area (Å²) in [6.45, 7) is 2.62. The van der Waals surface area contributed by atoms with E-state index in [0.717, 1.165) is 25.8 Å². The van der Waals surface area contributed by atoms with Gasteiger partial charge in [-0.25, -0.2) is 4.79 Å². The zero-order chi connectivity index (χ0) is 20.9. The first kappa shape index (κ1) is 20.6. The third kappa shape index (κ3) is 5.08. The summed E-state index contributed by atoms with van der Waals surface area (Å²) >= 11 is 0. The lowest BCUT2D eigenvalue weighted by Crippen LogP contribution is -2.57. The van der Waals surface area contributed by atoms with Gasteiger partial charge in [-0.2, -0.15) is 0 Å². The minimum atomic E-state index is -0.184. The highest BCUT2D eigenvalue weighted by molar-refractivity contribution is 5.96. The van der Waals surface area contributed by atoms with E-state index in [1.807, 2.05) is 6.07 Å². The first-order valence-corrected chi connectivity index (χ1v) is 11.1. The molecule has 0 spiro atoms. The third-order valence-corrected chi connectivity index (χ3v) is 6.49. The summed E-state index contributed by atoms with van der Waals surface area (Å²) in [6, 6.07) is 18.9. The summed E-state index contributed by atoms with van der Waals surface area (Å²) in [6.07, 6.45) is 6.81. The van der Waals surface area contributed by atoms with E-state index in [4.69, 9.17) is 0 Å². The summed E-state index contributed by atoms with van der Waals surface area (Å²) in [7, 11) is 0. The molecule has 1 unspecified atom stereocenters. The molecule has 2 aromatic carbocycles. The normalized spacial score (nSPS) is 23.6. The van der Waals surface area contributed by atoms with Crippen LogP contribution in [0.15, 0.2) is 54.6 Å². The molecule has 0 aromatic heterocycles. The SMILES string of the molecule is CC(=O)c1cccc(NC(=O)NC2C[C@H]3CCC[C@@H](C2)N3CCc2ccccc2)c1. The molecule has 2 aromatic rings. The van der Waals surface area contributed by atoms with Crippen molar-refractivity contribution >= 4 is 17.5 Å². The van der Waals surface area contributed by atoms with E-state index in [-0.39, 0.29) is 17.9 Å². The Morgan fingerprint density at radius 2 is 1.73 bits per heavy atom. The highest BCUT2D eigenvalue weighted by Gasteiger charge is 2.38. The van der Waals surface area contributed by atoms with Crippen molar-refractivity contribution in [2.75, 3.05) is 11.9 Å². The second-order valence-electron chi connectivity index (χ2n) is 8.62. The number of fused-ring (bicyclic) bond motifs is 2. The molecule has 2 amide bonds. The number of urea groups is 1. The molecule has 0 saturated carbocycles. The summed E-state index contributed by atoms with van der Waals surface area (Å²) in [5.41, 5.74) is 2.65. The van der Waals surface area contributed by atoms with Gasteiger partial charge in [-0.05, 0) is 56.7 Å². The molecule has 0 aliphatic carbocycles. The van der Waals surface area contributed by atoms with E-state index in [9.17, 15) is 9.59 Å². The summed E-state index contributed by atoms with van der Waals surface area (Å²) < 4.78 is 0. The Morgan fingerprint density at radius 3 is 2.43 bits per heavy atom. The maximum atomic E-state index is 12.6. The van der Waals surface area contributed by atoms with E-state index < -0.39 is 0 Å². The molecule has 2 aliphatic heterocycles. The van der Waals surface area contributed by atoms with Crippen molar-refractivity contribution in [2.45, 2.75) is 63.6 Å². The second kappa shape index (κ2) is 9.43. The smallest absolute Gasteiger partial charge is 0.319 e. The number of carbonyl (C=O) groups is 2. The van der Waals surface area contributed by atoms with Gasteiger partial charge in [0, 0.05) is 35.9 Å². The number of carbonyl (C=O) groups excluding carboxylic acids is 2. The minimum absolute atomic E-state index is 0.00485. The minimum Gasteiger partial charge on any atom is -0.335 e. The van der Waals surface area contributed by atoms with Crippen molar-refractivity contribution in [3.05, 3.63) is 65.7 Å². The highest BCUT2D eigenvalue weighted by atomic mass is 16.2. The monoisotopic (exact) mass is 405 g/mol. The molecule has 2 saturated heterocycles. The number of benzene rings is 2. The van der Waals surface area contributed by atoms with Gasteiger partial charge in [-0.15, -0.1) is 0 Å². The number of nitrogens with one attached hydrogen (secondary N) is 2. The van der Waals surface area contributed by atoms with E-state index in [1.165, 1.54) is 31.7 Å². The predicted molar refractivity (Wildman–Crippen MR) is 120 cm³/mol. The van der Waals surface area contributed by atoms with Crippen LogP contribution in [0.25, 0.3) is 0 Å². The zero-order valence-electron chi connectivity index (χ0n) is 17.6. The van der Waals surface area contributed by atoms with Crippen molar-refractivity contribution in [1.82, 2.24) is 10.2 Å². The molecule has 0 radical (unpaired) electrons. The fourth-order valence-electron chi connectivity index (χ4n) is 5.03. The fourth-order valence-corrected chi connectivity index (χ4v) is 5.03. The standard InChI is InChI=1S/C25H31N3O2/c1-18(29)20-9-5-10-21(15-20)26-25(30)27-22-16-23-11-6-12-24(17-22)28(23)14-13-19-7-3-2-4-8-19/h2-5,7-10,15,22-24H,6,11-14,16-17H2,1H3,(H2,26,27,30)/t22?,23-,24+. The largest absolute Gasteiger partial charge is 0.335 e. The van der Waals surface area contributed by atoms with Gasteiger partial charge in [0.25, 0.3) is 0 Å². The van der Waals surface area contributed by atoms with E-state index in [2.05, 4.69) is 45.9 Å². The van der Waals surface area contributed by atoms with Crippen LogP contribution in [-0.2, 0) is 6.42 Å².